The maximum Gasteiger partial charge on any atom is 0.242 e. The van der Waals surface area contributed by atoms with Crippen molar-refractivity contribution in [1.82, 2.24) is 10.2 Å². The second-order valence-electron chi connectivity index (χ2n) is 8.58. The predicted molar refractivity (Wildman–Crippen MR) is 142 cm³/mol. The van der Waals surface area contributed by atoms with Gasteiger partial charge in [-0.2, -0.15) is 0 Å². The number of halogens is 2. The van der Waals surface area contributed by atoms with Crippen LogP contribution in [-0.2, 0) is 26.2 Å². The fourth-order valence-electron chi connectivity index (χ4n) is 3.86. The van der Waals surface area contributed by atoms with E-state index in [0.717, 1.165) is 17.4 Å². The molecule has 0 bridgehead atoms. The first-order valence-electron chi connectivity index (χ1n) is 11.4. The van der Waals surface area contributed by atoms with E-state index < -0.39 is 16.1 Å². The smallest absolute Gasteiger partial charge is 0.242 e. The summed E-state index contributed by atoms with van der Waals surface area (Å²) < 4.78 is 26.3. The average molecular weight is 543 g/mol. The number of aryl methyl sites for hydroxylation is 2. The average Bonchev–Trinajstić information content (AvgIpc) is 2.74. The van der Waals surface area contributed by atoms with Crippen LogP contribution < -0.4 is 9.62 Å². The second-order valence-corrected chi connectivity index (χ2v) is 11.3. The lowest BCUT2D eigenvalue weighted by Gasteiger charge is -2.30. The molecule has 0 aliphatic rings. The van der Waals surface area contributed by atoms with Crippen molar-refractivity contribution in [2.45, 2.75) is 53.1 Å². The summed E-state index contributed by atoms with van der Waals surface area (Å²) in [5.41, 5.74) is 3.01. The Labute approximate surface area is 218 Å². The molecule has 2 amide bonds. The molecule has 0 saturated carbocycles. The van der Waals surface area contributed by atoms with Crippen LogP contribution in [0.5, 0.6) is 0 Å². The van der Waals surface area contributed by atoms with Gasteiger partial charge in [0.15, 0.2) is 0 Å². The first-order chi connectivity index (χ1) is 16.3. The van der Waals surface area contributed by atoms with Gasteiger partial charge in [-0.05, 0) is 69.5 Å². The minimum atomic E-state index is -3.56. The van der Waals surface area contributed by atoms with Crippen molar-refractivity contribution in [3.05, 3.63) is 63.1 Å². The van der Waals surface area contributed by atoms with Gasteiger partial charge in [0.1, 0.15) is 6.04 Å². The third-order valence-electron chi connectivity index (χ3n) is 5.56. The summed E-state index contributed by atoms with van der Waals surface area (Å²) in [6, 6.07) is 9.87. The first kappa shape index (κ1) is 28.9. The summed E-state index contributed by atoms with van der Waals surface area (Å²) in [4.78, 5) is 27.3. The fraction of sp³-hybridized carbons (Fsp3) is 0.440. The number of carbonyl (C=O) groups excluding carboxylic acids is 2. The summed E-state index contributed by atoms with van der Waals surface area (Å²) in [7, 11) is -3.56. The minimum Gasteiger partial charge on any atom is -0.355 e. The molecule has 0 aromatic heterocycles. The van der Waals surface area contributed by atoms with Gasteiger partial charge in [-0.25, -0.2) is 8.42 Å². The molecule has 0 fully saturated rings. The summed E-state index contributed by atoms with van der Waals surface area (Å²) in [6.07, 6.45) is 1.46. The van der Waals surface area contributed by atoms with E-state index in [1.165, 1.54) is 9.21 Å². The summed E-state index contributed by atoms with van der Waals surface area (Å²) in [6.45, 7) is 7.87. The summed E-state index contributed by atoms with van der Waals surface area (Å²) in [5.74, 6) is -0.592. The van der Waals surface area contributed by atoms with Crippen molar-refractivity contribution >= 4 is 50.7 Å². The van der Waals surface area contributed by atoms with Crippen LogP contribution in [-0.4, -0.2) is 50.5 Å². The van der Waals surface area contributed by atoms with Gasteiger partial charge in [-0.15, -0.1) is 0 Å². The van der Waals surface area contributed by atoms with Gasteiger partial charge in [0, 0.05) is 41.7 Å². The highest BCUT2D eigenvalue weighted by atomic mass is 35.5. The predicted octanol–water partition coefficient (Wildman–Crippen LogP) is 4.71. The summed E-state index contributed by atoms with van der Waals surface area (Å²) in [5, 5.41) is 3.53. The van der Waals surface area contributed by atoms with E-state index >= 15 is 0 Å². The quantitative estimate of drug-likeness (QED) is 0.446. The Kier molecular flexibility index (Phi) is 10.4. The van der Waals surface area contributed by atoms with Gasteiger partial charge in [0.05, 0.1) is 11.9 Å². The molecule has 0 aliphatic heterocycles. The Morgan fingerprint density at radius 2 is 1.63 bits per heavy atom. The van der Waals surface area contributed by atoms with Crippen LogP contribution in [0.2, 0.25) is 10.0 Å². The highest BCUT2D eigenvalue weighted by Gasteiger charge is 2.27. The zero-order valence-electron chi connectivity index (χ0n) is 20.8. The number of anilines is 1. The maximum atomic E-state index is 13.3. The van der Waals surface area contributed by atoms with Gasteiger partial charge < -0.3 is 10.2 Å². The minimum absolute atomic E-state index is 0.0443. The normalized spacial score (nSPS) is 12.2. The summed E-state index contributed by atoms with van der Waals surface area (Å²) >= 11 is 12.6. The fourth-order valence-corrected chi connectivity index (χ4v) is 5.32. The zero-order chi connectivity index (χ0) is 26.3. The zero-order valence-corrected chi connectivity index (χ0v) is 23.1. The molecule has 10 heteroatoms. The number of amides is 2. The molecule has 0 spiro atoms. The van der Waals surface area contributed by atoms with Crippen LogP contribution in [0, 0.1) is 13.8 Å². The van der Waals surface area contributed by atoms with E-state index in [9.17, 15) is 18.0 Å². The van der Waals surface area contributed by atoms with Gasteiger partial charge in [0.2, 0.25) is 21.8 Å². The molecule has 1 N–H and O–H groups in total. The van der Waals surface area contributed by atoms with Crippen LogP contribution in [0.25, 0.3) is 0 Å². The number of hydrogen-bond acceptors (Lipinski definition) is 4. The number of carbonyl (C=O) groups is 2. The molecule has 2 aromatic rings. The number of likely N-dealkylation sites (N-methyl/N-ethyl adjacent to an activating group) is 1. The lowest BCUT2D eigenvalue weighted by molar-refractivity contribution is -0.140. The van der Waals surface area contributed by atoms with Crippen molar-refractivity contribution in [3.63, 3.8) is 0 Å². The molecule has 0 aliphatic carbocycles. The molecular formula is C25H33Cl2N3O4S. The number of rotatable bonds is 11. The van der Waals surface area contributed by atoms with E-state index in [2.05, 4.69) is 5.32 Å². The topological polar surface area (TPSA) is 86.8 Å². The molecule has 192 valence electrons. The van der Waals surface area contributed by atoms with Crippen LogP contribution in [0.4, 0.5) is 5.69 Å². The first-order valence-corrected chi connectivity index (χ1v) is 14.0. The third kappa shape index (κ3) is 8.12. The Morgan fingerprint density at radius 3 is 2.14 bits per heavy atom. The van der Waals surface area contributed by atoms with Gasteiger partial charge in [-0.1, -0.05) is 35.3 Å². The lowest BCUT2D eigenvalue weighted by atomic mass is 10.1. The Bertz CT molecular complexity index is 1130. The van der Waals surface area contributed by atoms with Gasteiger partial charge in [-0.3, -0.25) is 13.9 Å². The molecule has 35 heavy (non-hydrogen) atoms. The number of sulfonamides is 1. The Morgan fingerprint density at radius 1 is 1.06 bits per heavy atom. The Balaban J connectivity index is 2.23. The SMILES string of the molecule is CCNC(=O)[C@H](C)N(Cc1c(Cl)cccc1Cl)C(=O)CCCN(c1cc(C)cc(C)c1)S(C)(=O)=O. The maximum absolute atomic E-state index is 13.3. The number of benzene rings is 2. The number of nitrogens with one attached hydrogen (secondary N) is 1. The standard InChI is InChI=1S/C25H33Cl2N3O4S/c1-6-28-25(32)19(4)29(16-21-22(26)9-7-10-23(21)27)24(31)11-8-12-30(35(5,33)34)20-14-17(2)13-18(3)15-20/h7,9-10,13-15,19H,6,8,11-12,16H2,1-5H3,(H,28,32)/t19-/m0/s1. The number of nitrogens with zero attached hydrogens (tertiary/aromatic N) is 2. The van der Waals surface area contributed by atoms with Crippen LogP contribution in [0.1, 0.15) is 43.4 Å². The largest absolute Gasteiger partial charge is 0.355 e. The van der Waals surface area contributed by atoms with Crippen LogP contribution in [0.15, 0.2) is 36.4 Å². The third-order valence-corrected chi connectivity index (χ3v) is 7.46. The molecule has 0 saturated heterocycles. The van der Waals surface area contributed by atoms with Crippen LogP contribution in [0.3, 0.4) is 0 Å². The van der Waals surface area contributed by atoms with E-state index in [4.69, 9.17) is 23.2 Å². The van der Waals surface area contributed by atoms with Crippen molar-refractivity contribution in [2.75, 3.05) is 23.7 Å². The van der Waals surface area contributed by atoms with E-state index in [1.807, 2.05) is 19.9 Å². The monoisotopic (exact) mass is 541 g/mol. The van der Waals surface area contributed by atoms with Crippen molar-refractivity contribution in [1.29, 1.82) is 0 Å². The molecular weight excluding hydrogens is 509 g/mol. The van der Waals surface area contributed by atoms with E-state index in [-0.39, 0.29) is 37.7 Å². The number of hydrogen-bond donors (Lipinski definition) is 1. The van der Waals surface area contributed by atoms with Crippen molar-refractivity contribution in [3.8, 4) is 0 Å². The molecule has 0 heterocycles. The van der Waals surface area contributed by atoms with Gasteiger partial charge >= 0.3 is 0 Å². The lowest BCUT2D eigenvalue weighted by Crippen LogP contribution is -2.47. The second kappa shape index (κ2) is 12.6. The highest BCUT2D eigenvalue weighted by molar-refractivity contribution is 7.92. The molecule has 7 nitrogen and oxygen atoms in total. The van der Waals surface area contributed by atoms with E-state index in [0.29, 0.717) is 27.8 Å². The molecule has 1 atom stereocenters. The van der Waals surface area contributed by atoms with Gasteiger partial charge in [0.25, 0.3) is 0 Å². The van der Waals surface area contributed by atoms with Crippen molar-refractivity contribution < 1.29 is 18.0 Å². The van der Waals surface area contributed by atoms with E-state index in [1.54, 1.807) is 44.2 Å². The van der Waals surface area contributed by atoms with Crippen LogP contribution >= 0.6 is 23.2 Å². The molecule has 0 unspecified atom stereocenters. The molecule has 2 rings (SSSR count). The Hall–Kier alpha value is -2.29. The molecule has 0 radical (unpaired) electrons. The molecule has 2 aromatic carbocycles. The highest BCUT2D eigenvalue weighted by Crippen LogP contribution is 2.27. The van der Waals surface area contributed by atoms with Crippen molar-refractivity contribution in [2.24, 2.45) is 0 Å².